The summed E-state index contributed by atoms with van der Waals surface area (Å²) in [6, 6.07) is 11.1. The van der Waals surface area contributed by atoms with E-state index in [2.05, 4.69) is 0 Å². The Morgan fingerprint density at radius 1 is 1.21 bits per heavy atom. The van der Waals surface area contributed by atoms with Crippen LogP contribution in [0.1, 0.15) is 10.4 Å². The van der Waals surface area contributed by atoms with Gasteiger partial charge in [-0.2, -0.15) is 0 Å². The molecule has 0 spiro atoms. The van der Waals surface area contributed by atoms with Crippen LogP contribution in [0.3, 0.4) is 0 Å². The molecule has 0 saturated carbocycles. The molecule has 2 rings (SSSR count). The van der Waals surface area contributed by atoms with Gasteiger partial charge in [0, 0.05) is 22.0 Å². The number of nitrogens with two attached hydrogens (primary N) is 1. The van der Waals surface area contributed by atoms with Gasteiger partial charge in [-0.25, -0.2) is 4.39 Å². The fourth-order valence-electron chi connectivity index (χ4n) is 1.66. The maximum absolute atomic E-state index is 13.0. The summed E-state index contributed by atoms with van der Waals surface area (Å²) < 4.78 is 13.6. The molecule has 98 valence electrons. The van der Waals surface area contributed by atoms with Crippen LogP contribution in [0.25, 0.3) is 0 Å². The predicted octanol–water partition coefficient (Wildman–Crippen LogP) is 3.29. The Bertz CT molecular complexity index is 613. The summed E-state index contributed by atoms with van der Waals surface area (Å²) in [5.41, 5.74) is 7.46. The standard InChI is InChI=1S/C14H12FIN2O/c1-18(11-5-3-10(17)4-6-11)14(19)12-7-2-9(15)8-13(12)16/h2-8H,17H2,1H3. The highest BCUT2D eigenvalue weighted by Gasteiger charge is 2.16. The lowest BCUT2D eigenvalue weighted by Gasteiger charge is -2.18. The highest BCUT2D eigenvalue weighted by molar-refractivity contribution is 14.1. The van der Waals surface area contributed by atoms with Crippen LogP contribution in [0, 0.1) is 9.39 Å². The van der Waals surface area contributed by atoms with Crippen molar-refractivity contribution in [2.24, 2.45) is 0 Å². The summed E-state index contributed by atoms with van der Waals surface area (Å²) in [4.78, 5) is 13.8. The average Bonchev–Trinajstić information content (AvgIpc) is 2.38. The zero-order valence-electron chi connectivity index (χ0n) is 10.2. The number of hydrogen-bond donors (Lipinski definition) is 1. The number of carbonyl (C=O) groups is 1. The molecule has 19 heavy (non-hydrogen) atoms. The number of hydrogen-bond acceptors (Lipinski definition) is 2. The molecule has 0 atom stereocenters. The van der Waals surface area contributed by atoms with Crippen LogP contribution in [0.2, 0.25) is 0 Å². The summed E-state index contributed by atoms with van der Waals surface area (Å²) in [7, 11) is 1.67. The summed E-state index contributed by atoms with van der Waals surface area (Å²) in [5.74, 6) is -0.537. The van der Waals surface area contributed by atoms with Crippen LogP contribution in [-0.2, 0) is 0 Å². The van der Waals surface area contributed by atoms with Crippen LogP contribution < -0.4 is 10.6 Å². The monoisotopic (exact) mass is 370 g/mol. The number of nitrogens with zero attached hydrogens (tertiary/aromatic N) is 1. The maximum Gasteiger partial charge on any atom is 0.259 e. The van der Waals surface area contributed by atoms with Gasteiger partial charge in [0.25, 0.3) is 5.91 Å². The van der Waals surface area contributed by atoms with E-state index in [9.17, 15) is 9.18 Å². The van der Waals surface area contributed by atoms with E-state index in [0.717, 1.165) is 5.69 Å². The van der Waals surface area contributed by atoms with E-state index in [1.807, 2.05) is 22.6 Å². The Morgan fingerprint density at radius 3 is 2.42 bits per heavy atom. The molecular weight excluding hydrogens is 358 g/mol. The van der Waals surface area contributed by atoms with Crippen LogP contribution in [0.5, 0.6) is 0 Å². The number of anilines is 2. The second kappa shape index (κ2) is 5.56. The fourth-order valence-corrected chi connectivity index (χ4v) is 2.37. The topological polar surface area (TPSA) is 46.3 Å². The first-order valence-corrected chi connectivity index (χ1v) is 6.65. The largest absolute Gasteiger partial charge is 0.399 e. The highest BCUT2D eigenvalue weighted by atomic mass is 127. The van der Waals surface area contributed by atoms with Gasteiger partial charge in [-0.05, 0) is 65.1 Å². The molecule has 0 bridgehead atoms. The van der Waals surface area contributed by atoms with Crippen LogP contribution >= 0.6 is 22.6 Å². The number of carbonyl (C=O) groups excluding carboxylic acids is 1. The second-order valence-corrected chi connectivity index (χ2v) is 5.24. The van der Waals surface area contributed by atoms with Gasteiger partial charge >= 0.3 is 0 Å². The predicted molar refractivity (Wildman–Crippen MR) is 82.7 cm³/mol. The summed E-state index contributed by atoms with van der Waals surface area (Å²) in [6.45, 7) is 0. The van der Waals surface area contributed by atoms with Crippen molar-refractivity contribution in [1.82, 2.24) is 0 Å². The zero-order chi connectivity index (χ0) is 14.0. The molecule has 0 aliphatic carbocycles. The normalized spacial score (nSPS) is 10.3. The molecule has 1 amide bonds. The molecule has 2 N–H and O–H groups in total. The lowest BCUT2D eigenvalue weighted by Crippen LogP contribution is -2.27. The van der Waals surface area contributed by atoms with Gasteiger partial charge in [0.05, 0.1) is 5.56 Å². The van der Waals surface area contributed by atoms with Crippen LogP contribution in [-0.4, -0.2) is 13.0 Å². The Morgan fingerprint density at radius 2 is 1.84 bits per heavy atom. The number of halogens is 2. The van der Waals surface area contributed by atoms with Gasteiger partial charge in [-0.15, -0.1) is 0 Å². The number of amides is 1. The van der Waals surface area contributed by atoms with Crippen molar-refractivity contribution in [3.8, 4) is 0 Å². The van der Waals surface area contributed by atoms with Crippen molar-refractivity contribution in [3.63, 3.8) is 0 Å². The molecule has 3 nitrogen and oxygen atoms in total. The maximum atomic E-state index is 13.0. The molecule has 0 heterocycles. The van der Waals surface area contributed by atoms with E-state index in [4.69, 9.17) is 5.73 Å². The first-order chi connectivity index (χ1) is 8.99. The van der Waals surface area contributed by atoms with Crippen molar-refractivity contribution in [3.05, 3.63) is 57.4 Å². The van der Waals surface area contributed by atoms with E-state index < -0.39 is 0 Å². The molecule has 0 radical (unpaired) electrons. The molecule has 0 aliphatic heterocycles. The Labute approximate surface area is 124 Å². The molecule has 2 aromatic carbocycles. The van der Waals surface area contributed by atoms with E-state index in [0.29, 0.717) is 14.8 Å². The van der Waals surface area contributed by atoms with Crippen molar-refractivity contribution in [1.29, 1.82) is 0 Å². The molecule has 0 saturated heterocycles. The van der Waals surface area contributed by atoms with Gasteiger partial charge < -0.3 is 10.6 Å². The highest BCUT2D eigenvalue weighted by Crippen LogP contribution is 2.20. The lowest BCUT2D eigenvalue weighted by molar-refractivity contribution is 0.0992. The number of benzene rings is 2. The molecule has 0 unspecified atom stereocenters. The van der Waals surface area contributed by atoms with E-state index in [-0.39, 0.29) is 11.7 Å². The molecule has 0 aliphatic rings. The van der Waals surface area contributed by atoms with Crippen LogP contribution in [0.15, 0.2) is 42.5 Å². The molecule has 5 heteroatoms. The average molecular weight is 370 g/mol. The third kappa shape index (κ3) is 3.04. The summed E-state index contributed by atoms with van der Waals surface area (Å²) in [5, 5.41) is 0. The molecular formula is C14H12FIN2O. The first kappa shape index (κ1) is 13.8. The van der Waals surface area contributed by atoms with Gasteiger partial charge in [0.15, 0.2) is 0 Å². The summed E-state index contributed by atoms with van der Waals surface area (Å²) in [6.07, 6.45) is 0. The quantitative estimate of drug-likeness (QED) is 0.652. The van der Waals surface area contributed by atoms with Gasteiger partial charge in [0.2, 0.25) is 0 Å². The SMILES string of the molecule is CN(C(=O)c1ccc(F)cc1I)c1ccc(N)cc1. The van der Waals surface area contributed by atoms with Gasteiger partial charge in [-0.3, -0.25) is 4.79 Å². The smallest absolute Gasteiger partial charge is 0.259 e. The zero-order valence-corrected chi connectivity index (χ0v) is 12.4. The van der Waals surface area contributed by atoms with E-state index in [1.165, 1.54) is 23.1 Å². The number of rotatable bonds is 2. The van der Waals surface area contributed by atoms with Crippen molar-refractivity contribution < 1.29 is 9.18 Å². The Hall–Kier alpha value is -1.63. The van der Waals surface area contributed by atoms with E-state index >= 15 is 0 Å². The molecule has 2 aromatic rings. The third-order valence-corrected chi connectivity index (χ3v) is 3.64. The Balaban J connectivity index is 2.30. The minimum absolute atomic E-state index is 0.186. The van der Waals surface area contributed by atoms with Gasteiger partial charge in [-0.1, -0.05) is 0 Å². The number of nitrogen functional groups attached to an aromatic ring is 1. The van der Waals surface area contributed by atoms with Crippen molar-refractivity contribution in [2.45, 2.75) is 0 Å². The minimum Gasteiger partial charge on any atom is -0.399 e. The first-order valence-electron chi connectivity index (χ1n) is 5.57. The van der Waals surface area contributed by atoms with E-state index in [1.54, 1.807) is 31.3 Å². The van der Waals surface area contributed by atoms with Crippen molar-refractivity contribution in [2.75, 3.05) is 17.7 Å². The summed E-state index contributed by atoms with van der Waals surface area (Å²) >= 11 is 1.95. The lowest BCUT2D eigenvalue weighted by atomic mass is 10.2. The van der Waals surface area contributed by atoms with Crippen LogP contribution in [0.4, 0.5) is 15.8 Å². The van der Waals surface area contributed by atoms with Gasteiger partial charge in [0.1, 0.15) is 5.82 Å². The molecule has 0 aromatic heterocycles. The third-order valence-electron chi connectivity index (χ3n) is 2.75. The fraction of sp³-hybridized carbons (Fsp3) is 0.0714. The second-order valence-electron chi connectivity index (χ2n) is 4.08. The molecule has 0 fully saturated rings. The Kier molecular flexibility index (Phi) is 4.04. The van der Waals surface area contributed by atoms with Crippen molar-refractivity contribution >= 4 is 39.9 Å². The minimum atomic E-state index is -0.351.